The first-order valence-electron chi connectivity index (χ1n) is 5.16. The van der Waals surface area contributed by atoms with Gasteiger partial charge in [0, 0.05) is 10.5 Å². The van der Waals surface area contributed by atoms with Crippen LogP contribution in [0.5, 0.6) is 0 Å². The van der Waals surface area contributed by atoms with E-state index >= 15 is 0 Å². The summed E-state index contributed by atoms with van der Waals surface area (Å²) in [5, 5.41) is 0. The Labute approximate surface area is 98.7 Å². The Hall–Kier alpha value is 0.160. The van der Waals surface area contributed by atoms with Crippen molar-refractivity contribution in [1.82, 2.24) is 0 Å². The van der Waals surface area contributed by atoms with Crippen molar-refractivity contribution in [3.05, 3.63) is 0 Å². The van der Waals surface area contributed by atoms with Crippen LogP contribution in [0.3, 0.4) is 0 Å². The number of carbonyl (C=O) groups excluding carboxylic acids is 1. The summed E-state index contributed by atoms with van der Waals surface area (Å²) in [6, 6.07) is 0. The second-order valence-corrected chi connectivity index (χ2v) is 5.30. The quantitative estimate of drug-likeness (QED) is 0.391. The van der Waals surface area contributed by atoms with E-state index in [4.69, 9.17) is 9.47 Å². The van der Waals surface area contributed by atoms with Gasteiger partial charge in [-0.05, 0) is 12.8 Å². The van der Waals surface area contributed by atoms with E-state index in [2.05, 4.69) is 22.6 Å². The van der Waals surface area contributed by atoms with Crippen molar-refractivity contribution in [2.24, 2.45) is 0 Å². The third-order valence-corrected chi connectivity index (χ3v) is 3.18. The second kappa shape index (κ2) is 7.45. The van der Waals surface area contributed by atoms with Gasteiger partial charge in [-0.3, -0.25) is 0 Å². The fourth-order valence-electron chi connectivity index (χ4n) is 1.39. The molecule has 1 saturated heterocycles. The molecule has 82 valence electrons. The molecule has 1 aliphatic heterocycles. The first kappa shape index (κ1) is 12.2. The molecule has 1 aliphatic rings. The zero-order valence-electron chi connectivity index (χ0n) is 8.34. The summed E-state index contributed by atoms with van der Waals surface area (Å²) in [5.41, 5.74) is 0. The van der Waals surface area contributed by atoms with E-state index in [9.17, 15) is 4.79 Å². The Balaban J connectivity index is 2.25. The number of alkyl halides is 1. The van der Waals surface area contributed by atoms with E-state index in [1.165, 1.54) is 19.3 Å². The van der Waals surface area contributed by atoms with Crippen LogP contribution in [0.15, 0.2) is 0 Å². The van der Waals surface area contributed by atoms with Crippen LogP contribution in [0.25, 0.3) is 0 Å². The Kier molecular flexibility index (Phi) is 6.51. The number of esters is 1. The van der Waals surface area contributed by atoms with Crippen LogP contribution < -0.4 is 0 Å². The molecule has 1 rings (SSSR count). The summed E-state index contributed by atoms with van der Waals surface area (Å²) in [5.74, 6) is -0.229. The first-order valence-corrected chi connectivity index (χ1v) is 6.41. The molecule has 3 nitrogen and oxygen atoms in total. The second-order valence-electron chi connectivity index (χ2n) is 3.54. The minimum Gasteiger partial charge on any atom is -0.463 e. The molecule has 1 unspecified atom stereocenters. The largest absolute Gasteiger partial charge is 0.463 e. The molecule has 1 fully saturated rings. The van der Waals surface area contributed by atoms with E-state index in [0.29, 0.717) is 17.1 Å². The molecule has 1 heterocycles. The smallest absolute Gasteiger partial charge is 0.332 e. The highest BCUT2D eigenvalue weighted by Gasteiger charge is 2.09. The summed E-state index contributed by atoms with van der Waals surface area (Å²) in [6.07, 6.45) is 5.90. The molecule has 0 saturated carbocycles. The van der Waals surface area contributed by atoms with Crippen LogP contribution in [0.1, 0.15) is 32.1 Å². The molecular formula is C10H17IO3. The maximum Gasteiger partial charge on any atom is 0.332 e. The van der Waals surface area contributed by atoms with Crippen molar-refractivity contribution < 1.29 is 14.3 Å². The lowest BCUT2D eigenvalue weighted by Gasteiger charge is -2.12. The number of hydrogen-bond donors (Lipinski definition) is 0. The maximum absolute atomic E-state index is 11.1. The van der Waals surface area contributed by atoms with Gasteiger partial charge in [-0.1, -0.05) is 41.9 Å². The van der Waals surface area contributed by atoms with E-state index in [-0.39, 0.29) is 12.6 Å². The van der Waals surface area contributed by atoms with Crippen molar-refractivity contribution >= 4 is 28.6 Å². The highest BCUT2D eigenvalue weighted by molar-refractivity contribution is 14.1. The normalized spacial score (nSPS) is 27.2. The van der Waals surface area contributed by atoms with Crippen molar-refractivity contribution in [3.8, 4) is 0 Å². The molecule has 0 bridgehead atoms. The van der Waals surface area contributed by atoms with Gasteiger partial charge in [0.25, 0.3) is 0 Å². The number of hydrogen-bond acceptors (Lipinski definition) is 3. The van der Waals surface area contributed by atoms with Crippen LogP contribution >= 0.6 is 22.6 Å². The van der Waals surface area contributed by atoms with Crippen LogP contribution in [0, 0.1) is 0 Å². The van der Waals surface area contributed by atoms with Crippen LogP contribution in [0.2, 0.25) is 0 Å². The average Bonchev–Trinajstić information content (AvgIpc) is 2.17. The van der Waals surface area contributed by atoms with Crippen molar-refractivity contribution in [2.75, 3.05) is 19.8 Å². The summed E-state index contributed by atoms with van der Waals surface area (Å²) >= 11 is 2.34. The Morgan fingerprint density at radius 3 is 2.86 bits per heavy atom. The van der Waals surface area contributed by atoms with Gasteiger partial charge in [-0.2, -0.15) is 0 Å². The molecule has 0 radical (unpaired) electrons. The van der Waals surface area contributed by atoms with Crippen LogP contribution in [0.4, 0.5) is 0 Å². The van der Waals surface area contributed by atoms with Gasteiger partial charge in [0.05, 0.1) is 0 Å². The van der Waals surface area contributed by atoms with Gasteiger partial charge in [-0.15, -0.1) is 0 Å². The standard InChI is InChI=1S/C10H17IO3/c11-9-5-3-1-2-4-6-13-8-10(12)14-7-9/h9H,1-8H2. The number of halogens is 1. The predicted molar refractivity (Wildman–Crippen MR) is 62.7 cm³/mol. The SMILES string of the molecule is O=C1COCCCCCCC(I)CO1. The number of cyclic esters (lactones) is 1. The van der Waals surface area contributed by atoms with Gasteiger partial charge < -0.3 is 9.47 Å². The first-order chi connectivity index (χ1) is 6.79. The fourth-order valence-corrected chi connectivity index (χ4v) is 2.01. The molecule has 1 atom stereocenters. The van der Waals surface area contributed by atoms with Gasteiger partial charge in [0.2, 0.25) is 0 Å². The van der Waals surface area contributed by atoms with Gasteiger partial charge in [0.15, 0.2) is 0 Å². The van der Waals surface area contributed by atoms with E-state index in [0.717, 1.165) is 12.8 Å². The summed E-state index contributed by atoms with van der Waals surface area (Å²) in [7, 11) is 0. The summed E-state index contributed by atoms with van der Waals surface area (Å²) in [6.45, 7) is 1.33. The number of rotatable bonds is 0. The molecule has 0 aromatic carbocycles. The highest BCUT2D eigenvalue weighted by atomic mass is 127. The fraction of sp³-hybridized carbons (Fsp3) is 0.900. The van der Waals surface area contributed by atoms with E-state index in [1.807, 2.05) is 0 Å². The molecule has 14 heavy (non-hydrogen) atoms. The summed E-state index contributed by atoms with van der Waals surface area (Å²) in [4.78, 5) is 11.1. The lowest BCUT2D eigenvalue weighted by molar-refractivity contribution is -0.148. The van der Waals surface area contributed by atoms with Crippen molar-refractivity contribution in [2.45, 2.75) is 36.0 Å². The minimum absolute atomic E-state index is 0.114. The maximum atomic E-state index is 11.1. The number of ether oxygens (including phenoxy) is 2. The monoisotopic (exact) mass is 312 g/mol. The lowest BCUT2D eigenvalue weighted by Crippen LogP contribution is -2.18. The topological polar surface area (TPSA) is 35.5 Å². The Morgan fingerprint density at radius 1 is 1.21 bits per heavy atom. The molecule has 0 N–H and O–H groups in total. The predicted octanol–water partition coefficient (Wildman–Crippen LogP) is 2.31. The molecule has 0 spiro atoms. The zero-order valence-corrected chi connectivity index (χ0v) is 10.5. The Bertz CT molecular complexity index is 173. The van der Waals surface area contributed by atoms with Gasteiger partial charge in [0.1, 0.15) is 13.2 Å². The number of carbonyl (C=O) groups is 1. The molecule has 0 aliphatic carbocycles. The van der Waals surface area contributed by atoms with E-state index < -0.39 is 0 Å². The average molecular weight is 312 g/mol. The zero-order chi connectivity index (χ0) is 10.2. The van der Waals surface area contributed by atoms with Crippen LogP contribution in [-0.2, 0) is 14.3 Å². The van der Waals surface area contributed by atoms with Crippen molar-refractivity contribution in [3.63, 3.8) is 0 Å². The van der Waals surface area contributed by atoms with Gasteiger partial charge in [-0.25, -0.2) is 4.79 Å². The van der Waals surface area contributed by atoms with E-state index in [1.54, 1.807) is 0 Å². The van der Waals surface area contributed by atoms with Crippen LogP contribution in [-0.4, -0.2) is 29.7 Å². The molecule has 0 aromatic heterocycles. The highest BCUT2D eigenvalue weighted by Crippen LogP contribution is 2.13. The van der Waals surface area contributed by atoms with Gasteiger partial charge >= 0.3 is 5.97 Å². The third-order valence-electron chi connectivity index (χ3n) is 2.20. The molecule has 4 heteroatoms. The molecule has 0 aromatic rings. The minimum atomic E-state index is -0.229. The third kappa shape index (κ3) is 5.80. The van der Waals surface area contributed by atoms with Crippen molar-refractivity contribution in [1.29, 1.82) is 0 Å². The lowest BCUT2D eigenvalue weighted by atomic mass is 10.1. The molecular weight excluding hydrogens is 295 g/mol. The Morgan fingerprint density at radius 2 is 2.00 bits per heavy atom. The summed E-state index contributed by atoms with van der Waals surface area (Å²) < 4.78 is 10.7. The molecule has 0 amide bonds.